The van der Waals surface area contributed by atoms with Crippen LogP contribution < -0.4 is 10.9 Å². The Labute approximate surface area is 183 Å². The lowest BCUT2D eigenvalue weighted by atomic mass is 9.49. The number of ether oxygens (including phenoxy) is 1. The zero-order valence-electron chi connectivity index (χ0n) is 18.1. The summed E-state index contributed by atoms with van der Waals surface area (Å²) in [5.41, 5.74) is 0.969. The maximum absolute atomic E-state index is 13.1. The third-order valence-electron chi connectivity index (χ3n) is 8.42. The number of aromatic nitrogens is 1. The van der Waals surface area contributed by atoms with Crippen LogP contribution in [-0.2, 0) is 16.1 Å². The standard InChI is InChI=1S/C26H32N2O3/c29-24(15-26-12-17-9-18(13-26)11-19(10-17)14-26)27-23-5-1-4-22-21(23)6-7-28(25(22)30)16-20-3-2-8-31-20/h1,4-7,17-20H,2-3,8-16H2,(H,27,29)/t17?,18?,19?,20-,26?/m1/s1. The highest BCUT2D eigenvalue weighted by Crippen LogP contribution is 2.61. The quantitative estimate of drug-likeness (QED) is 0.761. The SMILES string of the molecule is O=C(CC12CC3CC(CC(C3)C1)C2)Nc1cccc2c(=O)n(C[C@H]3CCCO3)ccc12. The van der Waals surface area contributed by atoms with E-state index in [1.54, 1.807) is 4.57 Å². The second-order valence-corrected chi connectivity index (χ2v) is 10.8. The van der Waals surface area contributed by atoms with Crippen molar-refractivity contribution in [3.63, 3.8) is 0 Å². The fourth-order valence-electron chi connectivity index (χ4n) is 7.62. The summed E-state index contributed by atoms with van der Waals surface area (Å²) in [4.78, 5) is 26.2. The molecule has 5 fully saturated rings. The molecule has 7 rings (SSSR count). The predicted molar refractivity (Wildman–Crippen MR) is 121 cm³/mol. The summed E-state index contributed by atoms with van der Waals surface area (Å²) < 4.78 is 7.45. The Kier molecular flexibility index (Phi) is 4.71. The van der Waals surface area contributed by atoms with Crippen molar-refractivity contribution in [1.82, 2.24) is 4.57 Å². The number of hydrogen-bond donors (Lipinski definition) is 1. The largest absolute Gasteiger partial charge is 0.376 e. The van der Waals surface area contributed by atoms with E-state index in [1.165, 1.54) is 38.5 Å². The number of benzene rings is 1. The van der Waals surface area contributed by atoms with Crippen LogP contribution in [0.2, 0.25) is 0 Å². The molecule has 1 aromatic carbocycles. The van der Waals surface area contributed by atoms with Crippen LogP contribution in [-0.4, -0.2) is 23.2 Å². The molecule has 4 aliphatic carbocycles. The summed E-state index contributed by atoms with van der Waals surface area (Å²) in [5, 5.41) is 4.66. The van der Waals surface area contributed by atoms with Crippen molar-refractivity contribution < 1.29 is 9.53 Å². The summed E-state index contributed by atoms with van der Waals surface area (Å²) in [6.07, 6.45) is 12.5. The third kappa shape index (κ3) is 3.61. The number of amides is 1. The van der Waals surface area contributed by atoms with E-state index in [4.69, 9.17) is 4.74 Å². The first-order valence-electron chi connectivity index (χ1n) is 12.1. The number of carbonyl (C=O) groups is 1. The molecule has 0 spiro atoms. The molecule has 1 saturated heterocycles. The topological polar surface area (TPSA) is 60.3 Å². The van der Waals surface area contributed by atoms with Gasteiger partial charge in [-0.3, -0.25) is 9.59 Å². The van der Waals surface area contributed by atoms with Crippen molar-refractivity contribution in [3.8, 4) is 0 Å². The molecule has 164 valence electrons. The maximum atomic E-state index is 13.1. The minimum atomic E-state index is -0.00909. The first-order chi connectivity index (χ1) is 15.1. The summed E-state index contributed by atoms with van der Waals surface area (Å²) in [7, 11) is 0. The van der Waals surface area contributed by atoms with Gasteiger partial charge in [0.1, 0.15) is 0 Å². The molecular formula is C26H32N2O3. The van der Waals surface area contributed by atoms with E-state index >= 15 is 0 Å². The molecule has 5 heteroatoms. The van der Waals surface area contributed by atoms with Crippen LogP contribution in [0.4, 0.5) is 5.69 Å². The van der Waals surface area contributed by atoms with Gasteiger partial charge in [-0.1, -0.05) is 6.07 Å². The molecule has 0 unspecified atom stereocenters. The number of nitrogens with zero attached hydrogens (tertiary/aromatic N) is 1. The average molecular weight is 421 g/mol. The van der Waals surface area contributed by atoms with Crippen molar-refractivity contribution in [2.24, 2.45) is 23.2 Å². The van der Waals surface area contributed by atoms with Gasteiger partial charge < -0.3 is 14.6 Å². The van der Waals surface area contributed by atoms with E-state index in [1.807, 2.05) is 30.5 Å². The van der Waals surface area contributed by atoms with Crippen molar-refractivity contribution in [1.29, 1.82) is 0 Å². The Bertz CT molecular complexity index is 1030. The Morgan fingerprint density at radius 3 is 2.48 bits per heavy atom. The number of pyridine rings is 1. The lowest BCUT2D eigenvalue weighted by Crippen LogP contribution is -2.47. The van der Waals surface area contributed by atoms with E-state index < -0.39 is 0 Å². The van der Waals surface area contributed by atoms with E-state index in [2.05, 4.69) is 5.32 Å². The minimum Gasteiger partial charge on any atom is -0.376 e. The van der Waals surface area contributed by atoms with Gasteiger partial charge in [0.2, 0.25) is 5.91 Å². The van der Waals surface area contributed by atoms with E-state index in [9.17, 15) is 9.59 Å². The highest BCUT2D eigenvalue weighted by atomic mass is 16.5. The van der Waals surface area contributed by atoms with Crippen molar-refractivity contribution in [3.05, 3.63) is 40.8 Å². The second-order valence-electron chi connectivity index (χ2n) is 10.8. The Hall–Kier alpha value is -2.14. The Balaban J connectivity index is 1.21. The molecule has 2 heterocycles. The minimum absolute atomic E-state index is 0.00909. The molecule has 1 aliphatic heterocycles. The molecule has 4 bridgehead atoms. The third-order valence-corrected chi connectivity index (χ3v) is 8.42. The van der Waals surface area contributed by atoms with E-state index in [0.29, 0.717) is 18.4 Å². The van der Waals surface area contributed by atoms with Crippen LogP contribution in [0.5, 0.6) is 0 Å². The number of anilines is 1. The van der Waals surface area contributed by atoms with Gasteiger partial charge in [-0.25, -0.2) is 0 Å². The molecule has 1 atom stereocenters. The van der Waals surface area contributed by atoms with Crippen molar-refractivity contribution in [2.45, 2.75) is 70.4 Å². The van der Waals surface area contributed by atoms with Crippen LogP contribution >= 0.6 is 0 Å². The lowest BCUT2D eigenvalue weighted by Gasteiger charge is -2.56. The van der Waals surface area contributed by atoms with Crippen LogP contribution in [0, 0.1) is 23.2 Å². The average Bonchev–Trinajstić information content (AvgIpc) is 3.22. The normalized spacial score (nSPS) is 33.8. The molecule has 5 nitrogen and oxygen atoms in total. The first kappa shape index (κ1) is 19.5. The Morgan fingerprint density at radius 2 is 1.81 bits per heavy atom. The van der Waals surface area contributed by atoms with Gasteiger partial charge >= 0.3 is 0 Å². The summed E-state index contributed by atoms with van der Waals surface area (Å²) in [6, 6.07) is 7.62. The smallest absolute Gasteiger partial charge is 0.258 e. The van der Waals surface area contributed by atoms with Gasteiger partial charge in [0, 0.05) is 35.7 Å². The van der Waals surface area contributed by atoms with Crippen molar-refractivity contribution >= 4 is 22.4 Å². The summed E-state index contributed by atoms with van der Waals surface area (Å²) >= 11 is 0. The fourth-order valence-corrected chi connectivity index (χ4v) is 7.62. The number of fused-ring (bicyclic) bond motifs is 1. The Morgan fingerprint density at radius 1 is 1.06 bits per heavy atom. The highest BCUT2D eigenvalue weighted by molar-refractivity contribution is 6.02. The van der Waals surface area contributed by atoms with E-state index in [0.717, 1.165) is 48.3 Å². The zero-order valence-corrected chi connectivity index (χ0v) is 18.1. The van der Waals surface area contributed by atoms with Crippen molar-refractivity contribution in [2.75, 3.05) is 11.9 Å². The maximum Gasteiger partial charge on any atom is 0.258 e. The number of rotatable bonds is 5. The molecule has 1 N–H and O–H groups in total. The van der Waals surface area contributed by atoms with Gasteiger partial charge in [-0.05, 0) is 92.7 Å². The molecule has 31 heavy (non-hydrogen) atoms. The molecule has 4 saturated carbocycles. The van der Waals surface area contributed by atoms with Gasteiger partial charge in [0.05, 0.1) is 12.6 Å². The number of nitrogens with one attached hydrogen (secondary N) is 1. The zero-order chi connectivity index (χ0) is 21.0. The van der Waals surface area contributed by atoms with Gasteiger partial charge in [0.25, 0.3) is 5.56 Å². The fraction of sp³-hybridized carbons (Fsp3) is 0.615. The van der Waals surface area contributed by atoms with Crippen LogP contribution in [0.1, 0.15) is 57.8 Å². The summed E-state index contributed by atoms with van der Waals surface area (Å²) in [5.74, 6) is 2.65. The monoisotopic (exact) mass is 420 g/mol. The molecule has 1 amide bonds. The molecular weight excluding hydrogens is 388 g/mol. The molecule has 2 aromatic rings. The van der Waals surface area contributed by atoms with Gasteiger partial charge in [-0.15, -0.1) is 0 Å². The van der Waals surface area contributed by atoms with Crippen LogP contribution in [0.15, 0.2) is 35.3 Å². The predicted octanol–water partition coefficient (Wildman–Crippen LogP) is 4.73. The molecule has 5 aliphatic rings. The van der Waals surface area contributed by atoms with Gasteiger partial charge in [-0.2, -0.15) is 0 Å². The van der Waals surface area contributed by atoms with Crippen LogP contribution in [0.25, 0.3) is 10.8 Å². The molecule has 1 aromatic heterocycles. The number of hydrogen-bond acceptors (Lipinski definition) is 3. The second kappa shape index (κ2) is 7.47. The number of carbonyl (C=O) groups excluding carboxylic acids is 1. The van der Waals surface area contributed by atoms with Gasteiger partial charge in [0.15, 0.2) is 0 Å². The molecule has 0 radical (unpaired) electrons. The highest BCUT2D eigenvalue weighted by Gasteiger charge is 2.51. The summed E-state index contributed by atoms with van der Waals surface area (Å²) in [6.45, 7) is 1.38. The lowest BCUT2D eigenvalue weighted by molar-refractivity contribution is -0.124. The van der Waals surface area contributed by atoms with E-state index in [-0.39, 0.29) is 23.0 Å². The first-order valence-corrected chi connectivity index (χ1v) is 12.1. The van der Waals surface area contributed by atoms with Crippen LogP contribution in [0.3, 0.4) is 0 Å².